The number of nitrogens with one attached hydrogen (secondary N) is 3. The number of fused-ring (bicyclic) bond motifs is 1. The lowest BCUT2D eigenvalue weighted by atomic mass is 10.1. The Morgan fingerprint density at radius 3 is 2.66 bits per heavy atom. The zero-order valence-electron chi connectivity index (χ0n) is 16.9. The van der Waals surface area contributed by atoms with Crippen molar-refractivity contribution < 1.29 is 14.0 Å². The van der Waals surface area contributed by atoms with Crippen molar-refractivity contribution in [2.24, 2.45) is 0 Å². The molecule has 3 aromatic carbocycles. The van der Waals surface area contributed by atoms with Crippen molar-refractivity contribution in [3.63, 3.8) is 0 Å². The quantitative estimate of drug-likeness (QED) is 0.337. The first-order chi connectivity index (χ1) is 15.4. The highest BCUT2D eigenvalue weighted by Gasteiger charge is 2.13. The van der Waals surface area contributed by atoms with Crippen LogP contribution in [0.1, 0.15) is 21.5 Å². The Labute approximate surface area is 192 Å². The molecule has 0 saturated heterocycles. The third-order valence-corrected chi connectivity index (χ3v) is 5.92. The van der Waals surface area contributed by atoms with Crippen molar-refractivity contribution in [1.29, 1.82) is 0 Å². The van der Waals surface area contributed by atoms with Crippen molar-refractivity contribution in [1.82, 2.24) is 10.3 Å². The van der Waals surface area contributed by atoms with Crippen molar-refractivity contribution in [3.8, 4) is 0 Å². The number of aryl methyl sites for hydroxylation is 1. The molecule has 3 N–H and O–H groups in total. The molecule has 0 fully saturated rings. The second kappa shape index (κ2) is 9.33. The number of nitrogens with zero attached hydrogens (tertiary/aromatic N) is 1. The molecular formula is C23H18ClFN4O2S. The van der Waals surface area contributed by atoms with Crippen molar-refractivity contribution in [2.45, 2.75) is 13.5 Å². The number of benzene rings is 3. The smallest absolute Gasteiger partial charge is 0.321 e. The number of para-hydroxylation sites is 1. The van der Waals surface area contributed by atoms with Gasteiger partial charge in [-0.3, -0.25) is 10.1 Å². The monoisotopic (exact) mass is 468 g/mol. The first kappa shape index (κ1) is 21.7. The lowest BCUT2D eigenvalue weighted by Gasteiger charge is -2.10. The number of thiazole rings is 1. The van der Waals surface area contributed by atoms with Crippen LogP contribution in [0.3, 0.4) is 0 Å². The van der Waals surface area contributed by atoms with Crippen molar-refractivity contribution in [3.05, 3.63) is 88.2 Å². The zero-order valence-corrected chi connectivity index (χ0v) is 18.5. The van der Waals surface area contributed by atoms with Gasteiger partial charge in [-0.2, -0.15) is 0 Å². The molecule has 0 radical (unpaired) electrons. The van der Waals surface area contributed by atoms with Gasteiger partial charge in [0.15, 0.2) is 5.13 Å². The normalized spacial score (nSPS) is 10.7. The number of rotatable bonds is 5. The first-order valence-electron chi connectivity index (χ1n) is 9.65. The van der Waals surface area contributed by atoms with Crippen LogP contribution in [0.2, 0.25) is 5.02 Å². The third-order valence-electron chi connectivity index (χ3n) is 4.67. The first-order valence-corrected chi connectivity index (χ1v) is 10.8. The number of urea groups is 1. The summed E-state index contributed by atoms with van der Waals surface area (Å²) >= 11 is 7.44. The molecule has 0 aliphatic rings. The summed E-state index contributed by atoms with van der Waals surface area (Å²) < 4.78 is 14.0. The van der Waals surface area contributed by atoms with Gasteiger partial charge in [0, 0.05) is 12.1 Å². The second-order valence-corrected chi connectivity index (χ2v) is 8.46. The molecule has 9 heteroatoms. The fraction of sp³-hybridized carbons (Fsp3) is 0.0870. The molecule has 4 aromatic rings. The van der Waals surface area contributed by atoms with E-state index in [1.807, 2.05) is 19.1 Å². The van der Waals surface area contributed by atoms with E-state index in [1.54, 1.807) is 36.4 Å². The molecule has 1 heterocycles. The van der Waals surface area contributed by atoms with E-state index < -0.39 is 6.03 Å². The van der Waals surface area contributed by atoms with Gasteiger partial charge >= 0.3 is 6.03 Å². The maximum Gasteiger partial charge on any atom is 0.321 e. The van der Waals surface area contributed by atoms with Crippen LogP contribution in [0, 0.1) is 12.7 Å². The number of halogens is 2. The maximum atomic E-state index is 13.2. The predicted molar refractivity (Wildman–Crippen MR) is 126 cm³/mol. The molecule has 3 amide bonds. The third kappa shape index (κ3) is 5.04. The second-order valence-electron chi connectivity index (χ2n) is 7.02. The Balaban J connectivity index is 1.43. The topological polar surface area (TPSA) is 83.1 Å². The Morgan fingerprint density at radius 1 is 1.06 bits per heavy atom. The summed E-state index contributed by atoms with van der Waals surface area (Å²) in [5.74, 6) is -0.653. The fourth-order valence-corrected chi connectivity index (χ4v) is 4.24. The van der Waals surface area contributed by atoms with Gasteiger partial charge < -0.3 is 10.6 Å². The molecule has 32 heavy (non-hydrogen) atoms. The summed E-state index contributed by atoms with van der Waals surface area (Å²) in [4.78, 5) is 29.2. The average molecular weight is 469 g/mol. The van der Waals surface area contributed by atoms with Crippen LogP contribution in [-0.2, 0) is 6.54 Å². The molecule has 0 saturated carbocycles. The van der Waals surface area contributed by atoms with E-state index in [0.717, 1.165) is 10.3 Å². The van der Waals surface area contributed by atoms with Crippen LogP contribution in [0.15, 0.2) is 60.7 Å². The zero-order chi connectivity index (χ0) is 22.7. The minimum atomic E-state index is -0.458. The fourth-order valence-electron chi connectivity index (χ4n) is 3.07. The molecule has 0 spiro atoms. The van der Waals surface area contributed by atoms with Crippen LogP contribution in [0.5, 0.6) is 0 Å². The standard InChI is InChI=1S/C23H18ClFN4O2S/c1-13-4-2-7-17(24)20(13)28-21(30)15-8-9-18-19(11-15)32-23(27-18)29-22(31)26-12-14-5-3-6-16(25)10-14/h2-11H,12H2,1H3,(H,28,30)(H2,26,27,29,31). The van der Waals surface area contributed by atoms with E-state index in [1.165, 1.54) is 23.5 Å². The minimum Gasteiger partial charge on any atom is -0.334 e. The molecule has 4 rings (SSSR count). The summed E-state index contributed by atoms with van der Waals surface area (Å²) in [5.41, 5.74) is 3.18. The number of amides is 3. The van der Waals surface area contributed by atoms with Gasteiger partial charge in [0.1, 0.15) is 5.82 Å². The summed E-state index contributed by atoms with van der Waals surface area (Å²) in [6, 6.07) is 16.0. The number of hydrogen-bond acceptors (Lipinski definition) is 4. The van der Waals surface area contributed by atoms with E-state index in [4.69, 9.17) is 11.6 Å². The van der Waals surface area contributed by atoms with E-state index in [2.05, 4.69) is 20.9 Å². The van der Waals surface area contributed by atoms with Gasteiger partial charge in [-0.05, 0) is 54.4 Å². The Hall–Kier alpha value is -3.49. The van der Waals surface area contributed by atoms with Gasteiger partial charge in [0.2, 0.25) is 0 Å². The molecule has 0 aliphatic heterocycles. The number of aromatic nitrogens is 1. The Morgan fingerprint density at radius 2 is 1.88 bits per heavy atom. The summed E-state index contributed by atoms with van der Waals surface area (Å²) in [5, 5.41) is 9.02. The Kier molecular flexibility index (Phi) is 6.34. The average Bonchev–Trinajstić information content (AvgIpc) is 3.16. The molecule has 0 unspecified atom stereocenters. The largest absolute Gasteiger partial charge is 0.334 e. The summed E-state index contributed by atoms with van der Waals surface area (Å²) in [7, 11) is 0. The van der Waals surface area contributed by atoms with E-state index in [-0.39, 0.29) is 18.3 Å². The summed E-state index contributed by atoms with van der Waals surface area (Å²) in [6.07, 6.45) is 0. The van der Waals surface area contributed by atoms with Crippen LogP contribution in [0.25, 0.3) is 10.2 Å². The highest BCUT2D eigenvalue weighted by molar-refractivity contribution is 7.22. The number of hydrogen-bond donors (Lipinski definition) is 3. The summed E-state index contributed by atoms with van der Waals surface area (Å²) in [6.45, 7) is 2.05. The highest BCUT2D eigenvalue weighted by atomic mass is 35.5. The van der Waals surface area contributed by atoms with Gasteiger partial charge in [0.25, 0.3) is 5.91 Å². The number of anilines is 2. The van der Waals surface area contributed by atoms with E-state index in [0.29, 0.717) is 32.5 Å². The molecular weight excluding hydrogens is 451 g/mol. The molecule has 1 aromatic heterocycles. The number of carbonyl (C=O) groups is 2. The minimum absolute atomic E-state index is 0.181. The van der Waals surface area contributed by atoms with E-state index >= 15 is 0 Å². The van der Waals surface area contributed by atoms with Crippen LogP contribution in [-0.4, -0.2) is 16.9 Å². The number of carbonyl (C=O) groups excluding carboxylic acids is 2. The highest BCUT2D eigenvalue weighted by Crippen LogP contribution is 2.29. The van der Waals surface area contributed by atoms with Crippen LogP contribution in [0.4, 0.5) is 20.0 Å². The van der Waals surface area contributed by atoms with E-state index in [9.17, 15) is 14.0 Å². The van der Waals surface area contributed by atoms with Gasteiger partial charge in [-0.15, -0.1) is 0 Å². The maximum absolute atomic E-state index is 13.2. The molecule has 6 nitrogen and oxygen atoms in total. The molecule has 0 aliphatic carbocycles. The van der Waals surface area contributed by atoms with Crippen LogP contribution >= 0.6 is 22.9 Å². The predicted octanol–water partition coefficient (Wildman–Crippen LogP) is 5.97. The van der Waals surface area contributed by atoms with Crippen LogP contribution < -0.4 is 16.0 Å². The van der Waals surface area contributed by atoms with Crippen molar-refractivity contribution >= 4 is 55.9 Å². The Bertz CT molecular complexity index is 1300. The van der Waals surface area contributed by atoms with Gasteiger partial charge in [-0.25, -0.2) is 14.2 Å². The van der Waals surface area contributed by atoms with Gasteiger partial charge in [-0.1, -0.05) is 47.2 Å². The SMILES string of the molecule is Cc1cccc(Cl)c1NC(=O)c1ccc2nc(NC(=O)NCc3cccc(F)c3)sc2c1. The molecule has 0 atom stereocenters. The van der Waals surface area contributed by atoms with Gasteiger partial charge in [0.05, 0.1) is 20.9 Å². The lowest BCUT2D eigenvalue weighted by molar-refractivity contribution is 0.102. The molecule has 162 valence electrons. The lowest BCUT2D eigenvalue weighted by Crippen LogP contribution is -2.28. The van der Waals surface area contributed by atoms with Crippen molar-refractivity contribution in [2.75, 3.05) is 10.6 Å². The molecule has 0 bridgehead atoms.